The van der Waals surface area contributed by atoms with Gasteiger partial charge in [0.05, 0.1) is 18.4 Å². The molecule has 0 aliphatic carbocycles. The summed E-state index contributed by atoms with van der Waals surface area (Å²) in [6, 6.07) is 23.5. The van der Waals surface area contributed by atoms with Crippen molar-refractivity contribution in [2.75, 3.05) is 12.4 Å². The second-order valence-corrected chi connectivity index (χ2v) is 7.04. The van der Waals surface area contributed by atoms with Gasteiger partial charge in [0.1, 0.15) is 6.04 Å². The number of hydrogen-bond donors (Lipinski definition) is 2. The zero-order chi connectivity index (χ0) is 22.2. The Balaban J connectivity index is 1.76. The van der Waals surface area contributed by atoms with Gasteiger partial charge in [0.25, 0.3) is 5.91 Å². The SMILES string of the molecule is COC(=O)[C@@H](Cc1ccc(-c2ccccc2)cc1)NC(=O)c1ccccc1NC(C)=O. The highest BCUT2D eigenvalue weighted by atomic mass is 16.5. The summed E-state index contributed by atoms with van der Waals surface area (Å²) in [4.78, 5) is 36.6. The van der Waals surface area contributed by atoms with E-state index in [1.54, 1.807) is 24.3 Å². The maximum atomic E-state index is 12.8. The Morgan fingerprint density at radius 2 is 1.45 bits per heavy atom. The average molecular weight is 416 g/mol. The van der Waals surface area contributed by atoms with Crippen molar-refractivity contribution in [3.05, 3.63) is 90.0 Å². The fraction of sp³-hybridized carbons (Fsp3) is 0.160. The highest BCUT2D eigenvalue weighted by molar-refractivity contribution is 6.04. The zero-order valence-electron chi connectivity index (χ0n) is 17.4. The molecule has 0 saturated heterocycles. The first-order chi connectivity index (χ1) is 15.0. The minimum Gasteiger partial charge on any atom is -0.467 e. The Morgan fingerprint density at radius 3 is 2.10 bits per heavy atom. The first kappa shape index (κ1) is 21.8. The van der Waals surface area contributed by atoms with Crippen LogP contribution < -0.4 is 10.6 Å². The minimum atomic E-state index is -0.870. The molecular weight excluding hydrogens is 392 g/mol. The molecule has 0 saturated carbocycles. The third-order valence-electron chi connectivity index (χ3n) is 4.77. The van der Waals surface area contributed by atoms with E-state index in [0.717, 1.165) is 16.7 Å². The molecule has 0 aliphatic rings. The number of benzene rings is 3. The van der Waals surface area contributed by atoms with Gasteiger partial charge in [-0.3, -0.25) is 9.59 Å². The minimum absolute atomic E-state index is 0.269. The maximum absolute atomic E-state index is 12.8. The van der Waals surface area contributed by atoms with Gasteiger partial charge < -0.3 is 15.4 Å². The lowest BCUT2D eigenvalue weighted by molar-refractivity contribution is -0.142. The van der Waals surface area contributed by atoms with Crippen LogP contribution in [0, 0.1) is 0 Å². The van der Waals surface area contributed by atoms with Crippen LogP contribution in [0.15, 0.2) is 78.9 Å². The summed E-state index contributed by atoms with van der Waals surface area (Å²) < 4.78 is 4.89. The largest absolute Gasteiger partial charge is 0.467 e. The summed E-state index contributed by atoms with van der Waals surface area (Å²) in [5.41, 5.74) is 3.69. The van der Waals surface area contributed by atoms with Gasteiger partial charge in [0, 0.05) is 13.3 Å². The third-order valence-corrected chi connectivity index (χ3v) is 4.77. The number of para-hydroxylation sites is 1. The first-order valence-electron chi connectivity index (χ1n) is 9.87. The van der Waals surface area contributed by atoms with Crippen LogP contribution in [0.25, 0.3) is 11.1 Å². The molecule has 31 heavy (non-hydrogen) atoms. The normalized spacial score (nSPS) is 11.3. The van der Waals surface area contributed by atoms with Crippen molar-refractivity contribution in [2.45, 2.75) is 19.4 Å². The van der Waals surface area contributed by atoms with Crippen LogP contribution in [-0.4, -0.2) is 30.9 Å². The van der Waals surface area contributed by atoms with Crippen LogP contribution in [0.3, 0.4) is 0 Å². The molecule has 0 aliphatic heterocycles. The van der Waals surface area contributed by atoms with E-state index in [1.807, 2.05) is 54.6 Å². The number of carbonyl (C=O) groups excluding carboxylic acids is 3. The van der Waals surface area contributed by atoms with Gasteiger partial charge >= 0.3 is 5.97 Å². The quantitative estimate of drug-likeness (QED) is 0.574. The molecule has 0 spiro atoms. The number of nitrogens with one attached hydrogen (secondary N) is 2. The van der Waals surface area contributed by atoms with E-state index in [2.05, 4.69) is 10.6 Å². The Labute approximate surface area is 181 Å². The van der Waals surface area contributed by atoms with E-state index in [9.17, 15) is 14.4 Å². The standard InChI is InChI=1S/C25H24N2O4/c1-17(28)26-22-11-7-6-10-21(22)24(29)27-23(25(30)31-2)16-18-12-14-20(15-13-18)19-8-4-3-5-9-19/h3-15,23H,16H2,1-2H3,(H,26,28)(H,27,29)/t23-/m1/s1. The van der Waals surface area contributed by atoms with Crippen molar-refractivity contribution in [1.82, 2.24) is 5.32 Å². The number of methoxy groups -OCH3 is 1. The summed E-state index contributed by atoms with van der Waals surface area (Å²) in [6.45, 7) is 1.37. The molecular formula is C25H24N2O4. The Hall–Kier alpha value is -3.93. The van der Waals surface area contributed by atoms with Gasteiger partial charge in [-0.2, -0.15) is 0 Å². The molecule has 3 rings (SSSR count). The van der Waals surface area contributed by atoms with Crippen LogP contribution in [0.1, 0.15) is 22.8 Å². The lowest BCUT2D eigenvalue weighted by atomic mass is 10.0. The molecule has 0 unspecified atom stereocenters. The van der Waals surface area contributed by atoms with Crippen LogP contribution in [-0.2, 0) is 20.7 Å². The molecule has 2 amide bonds. The van der Waals surface area contributed by atoms with Crippen molar-refractivity contribution in [3.8, 4) is 11.1 Å². The molecule has 0 radical (unpaired) electrons. The van der Waals surface area contributed by atoms with Crippen molar-refractivity contribution < 1.29 is 19.1 Å². The van der Waals surface area contributed by atoms with Crippen molar-refractivity contribution in [3.63, 3.8) is 0 Å². The summed E-state index contributed by atoms with van der Waals surface area (Å²) in [6.07, 6.45) is 0.274. The molecule has 0 bridgehead atoms. The van der Waals surface area contributed by atoms with Gasteiger partial charge in [-0.1, -0.05) is 66.7 Å². The number of anilines is 1. The van der Waals surface area contributed by atoms with E-state index in [0.29, 0.717) is 5.69 Å². The van der Waals surface area contributed by atoms with E-state index >= 15 is 0 Å². The summed E-state index contributed by atoms with van der Waals surface area (Å²) in [5, 5.41) is 5.35. The van der Waals surface area contributed by atoms with Gasteiger partial charge in [0.2, 0.25) is 5.91 Å². The molecule has 1 atom stereocenters. The van der Waals surface area contributed by atoms with Crippen molar-refractivity contribution in [1.29, 1.82) is 0 Å². The van der Waals surface area contributed by atoms with E-state index in [1.165, 1.54) is 14.0 Å². The molecule has 0 heterocycles. The highest BCUT2D eigenvalue weighted by Crippen LogP contribution is 2.20. The number of esters is 1. The number of hydrogen-bond acceptors (Lipinski definition) is 4. The van der Waals surface area contributed by atoms with Gasteiger partial charge in [-0.05, 0) is 28.8 Å². The lowest BCUT2D eigenvalue weighted by Gasteiger charge is -2.18. The number of amides is 2. The fourth-order valence-corrected chi connectivity index (χ4v) is 3.25. The van der Waals surface area contributed by atoms with Gasteiger partial charge in [-0.15, -0.1) is 0 Å². The van der Waals surface area contributed by atoms with Crippen molar-refractivity contribution in [2.24, 2.45) is 0 Å². The lowest BCUT2D eigenvalue weighted by Crippen LogP contribution is -2.43. The third kappa shape index (κ3) is 5.79. The van der Waals surface area contributed by atoms with Crippen LogP contribution in [0.4, 0.5) is 5.69 Å². The molecule has 6 nitrogen and oxygen atoms in total. The van der Waals surface area contributed by atoms with Gasteiger partial charge in [0.15, 0.2) is 0 Å². The van der Waals surface area contributed by atoms with E-state index in [4.69, 9.17) is 4.74 Å². The highest BCUT2D eigenvalue weighted by Gasteiger charge is 2.24. The topological polar surface area (TPSA) is 84.5 Å². The second-order valence-electron chi connectivity index (χ2n) is 7.04. The van der Waals surface area contributed by atoms with Gasteiger partial charge in [-0.25, -0.2) is 4.79 Å². The predicted octanol–water partition coefficient (Wildman–Crippen LogP) is 3.83. The maximum Gasteiger partial charge on any atom is 0.328 e. The summed E-state index contributed by atoms with van der Waals surface area (Å²) >= 11 is 0. The van der Waals surface area contributed by atoms with Crippen LogP contribution in [0.2, 0.25) is 0 Å². The predicted molar refractivity (Wildman–Crippen MR) is 120 cm³/mol. The second kappa shape index (κ2) is 10.2. The van der Waals surface area contributed by atoms with E-state index < -0.39 is 17.9 Å². The summed E-state index contributed by atoms with van der Waals surface area (Å²) in [7, 11) is 1.28. The monoisotopic (exact) mass is 416 g/mol. The summed E-state index contributed by atoms with van der Waals surface area (Å²) in [5.74, 6) is -1.30. The molecule has 3 aromatic carbocycles. The average Bonchev–Trinajstić information content (AvgIpc) is 2.79. The zero-order valence-corrected chi connectivity index (χ0v) is 17.4. The number of rotatable bonds is 7. The van der Waals surface area contributed by atoms with Crippen LogP contribution >= 0.6 is 0 Å². The molecule has 0 fully saturated rings. The number of ether oxygens (including phenoxy) is 1. The Kier molecular flexibility index (Phi) is 7.17. The molecule has 6 heteroatoms. The first-order valence-corrected chi connectivity index (χ1v) is 9.87. The van der Waals surface area contributed by atoms with E-state index in [-0.39, 0.29) is 17.9 Å². The Morgan fingerprint density at radius 1 is 0.839 bits per heavy atom. The molecule has 3 aromatic rings. The molecule has 0 aromatic heterocycles. The number of carbonyl (C=O) groups is 3. The fourth-order valence-electron chi connectivity index (χ4n) is 3.25. The van der Waals surface area contributed by atoms with Crippen LogP contribution in [0.5, 0.6) is 0 Å². The van der Waals surface area contributed by atoms with Crippen molar-refractivity contribution >= 4 is 23.5 Å². The molecule has 158 valence electrons. The Bertz CT molecular complexity index is 1060. The molecule has 2 N–H and O–H groups in total. The smallest absolute Gasteiger partial charge is 0.328 e.